The van der Waals surface area contributed by atoms with Crippen molar-refractivity contribution < 1.29 is 9.47 Å². The second-order valence-electron chi connectivity index (χ2n) is 5.17. The highest BCUT2D eigenvalue weighted by molar-refractivity contribution is 6.30. The molecule has 0 saturated carbocycles. The van der Waals surface area contributed by atoms with Crippen LogP contribution >= 0.6 is 11.6 Å². The number of halogens is 1. The fraction of sp³-hybridized carbons (Fsp3) is 0.375. The van der Waals surface area contributed by atoms with Crippen LogP contribution in [0, 0.1) is 0 Å². The zero-order valence-corrected chi connectivity index (χ0v) is 12.9. The molecule has 1 aliphatic rings. The van der Waals surface area contributed by atoms with Crippen LogP contribution in [0.1, 0.15) is 12.0 Å². The quantitative estimate of drug-likeness (QED) is 0.918. The van der Waals surface area contributed by atoms with Gasteiger partial charge in [0.15, 0.2) is 0 Å². The van der Waals surface area contributed by atoms with Gasteiger partial charge in [-0.2, -0.15) is 0 Å². The van der Waals surface area contributed by atoms with Crippen LogP contribution in [-0.2, 0) is 16.1 Å². The number of rotatable bonds is 5. The maximum atomic E-state index is 6.05. The molecule has 1 aromatic carbocycles. The first kappa shape index (κ1) is 15.2. The van der Waals surface area contributed by atoms with Crippen molar-refractivity contribution in [3.63, 3.8) is 0 Å². The van der Waals surface area contributed by atoms with Crippen LogP contribution in [-0.4, -0.2) is 35.3 Å². The summed E-state index contributed by atoms with van der Waals surface area (Å²) in [5.74, 6) is 0.535. The molecule has 0 unspecified atom stereocenters. The molecular weight excluding hydrogens is 302 g/mol. The van der Waals surface area contributed by atoms with Crippen LogP contribution in [0.2, 0.25) is 5.02 Å². The fourth-order valence-corrected chi connectivity index (χ4v) is 2.48. The predicted molar refractivity (Wildman–Crippen MR) is 84.9 cm³/mol. The molecule has 0 amide bonds. The van der Waals surface area contributed by atoms with Gasteiger partial charge >= 0.3 is 0 Å². The second-order valence-corrected chi connectivity index (χ2v) is 5.61. The van der Waals surface area contributed by atoms with Crippen molar-refractivity contribution in [1.29, 1.82) is 0 Å². The first-order valence-corrected chi connectivity index (χ1v) is 7.66. The van der Waals surface area contributed by atoms with Crippen LogP contribution < -0.4 is 5.32 Å². The third-order valence-corrected chi connectivity index (χ3v) is 3.73. The number of nitrogens with one attached hydrogen (secondary N) is 1. The van der Waals surface area contributed by atoms with E-state index in [1.165, 1.54) is 0 Å². The van der Waals surface area contributed by atoms with Gasteiger partial charge in [-0.15, -0.1) is 0 Å². The van der Waals surface area contributed by atoms with Gasteiger partial charge in [-0.1, -0.05) is 41.9 Å². The molecule has 1 N–H and O–H groups in total. The van der Waals surface area contributed by atoms with E-state index in [9.17, 15) is 0 Å². The lowest BCUT2D eigenvalue weighted by Gasteiger charge is -2.32. The molecule has 0 aliphatic carbocycles. The largest absolute Gasteiger partial charge is 0.379 e. The Morgan fingerprint density at radius 2 is 2.00 bits per heavy atom. The number of ether oxygens (including phenoxy) is 2. The highest BCUT2D eigenvalue weighted by Gasteiger charge is 2.27. The number of hydrogen-bond donors (Lipinski definition) is 1. The molecule has 2 atom stereocenters. The van der Waals surface area contributed by atoms with E-state index < -0.39 is 0 Å². The molecule has 0 bridgehead atoms. The summed E-state index contributed by atoms with van der Waals surface area (Å²) in [6.45, 7) is 1.87. The summed E-state index contributed by atoms with van der Waals surface area (Å²) >= 11 is 5.80. The maximum absolute atomic E-state index is 6.05. The monoisotopic (exact) mass is 319 g/mol. The van der Waals surface area contributed by atoms with E-state index in [0.29, 0.717) is 30.8 Å². The average Bonchev–Trinajstić information content (AvgIpc) is 2.57. The van der Waals surface area contributed by atoms with Crippen molar-refractivity contribution >= 4 is 17.5 Å². The first-order valence-electron chi connectivity index (χ1n) is 7.28. The van der Waals surface area contributed by atoms with Crippen molar-refractivity contribution in [1.82, 2.24) is 9.97 Å². The summed E-state index contributed by atoms with van der Waals surface area (Å²) in [6, 6.07) is 10.2. The van der Waals surface area contributed by atoms with E-state index in [1.807, 2.05) is 18.2 Å². The minimum atomic E-state index is 0.0265. The molecular formula is C16H18ClN3O2. The van der Waals surface area contributed by atoms with Gasteiger partial charge in [0.05, 0.1) is 42.8 Å². The molecule has 1 aromatic heterocycles. The van der Waals surface area contributed by atoms with Crippen LogP contribution in [0.25, 0.3) is 0 Å². The number of nitrogens with zero attached hydrogens (tertiary/aromatic N) is 2. The highest BCUT2D eigenvalue weighted by Crippen LogP contribution is 2.17. The Morgan fingerprint density at radius 1 is 1.23 bits per heavy atom. The maximum Gasteiger partial charge on any atom is 0.223 e. The smallest absolute Gasteiger partial charge is 0.223 e. The van der Waals surface area contributed by atoms with E-state index in [-0.39, 0.29) is 12.1 Å². The fourth-order valence-electron chi connectivity index (χ4n) is 2.38. The van der Waals surface area contributed by atoms with Gasteiger partial charge in [-0.05, 0) is 12.0 Å². The lowest BCUT2D eigenvalue weighted by molar-refractivity contribution is -0.0479. The number of benzene rings is 1. The zero-order valence-electron chi connectivity index (χ0n) is 12.1. The number of hydrogen-bond acceptors (Lipinski definition) is 5. The average molecular weight is 320 g/mol. The molecule has 1 fully saturated rings. The summed E-state index contributed by atoms with van der Waals surface area (Å²) in [7, 11) is 0. The van der Waals surface area contributed by atoms with Crippen LogP contribution in [0.4, 0.5) is 5.95 Å². The lowest BCUT2D eigenvalue weighted by atomic mass is 10.1. The molecule has 22 heavy (non-hydrogen) atoms. The van der Waals surface area contributed by atoms with Gasteiger partial charge < -0.3 is 14.8 Å². The van der Waals surface area contributed by atoms with E-state index in [1.54, 1.807) is 12.4 Å². The third-order valence-electron chi connectivity index (χ3n) is 3.53. The zero-order chi connectivity index (χ0) is 15.2. The van der Waals surface area contributed by atoms with Crippen LogP contribution in [0.5, 0.6) is 0 Å². The standard InChI is InChI=1S/C16H18ClN3O2/c17-13-8-18-16(19-9-13)20-14-11-21-7-6-15(14)22-10-12-4-2-1-3-5-12/h1-5,8-9,14-15H,6-7,10-11H2,(H,18,19,20)/t14-,15+/m1/s1. The molecule has 3 rings (SSSR count). The Labute approximate surface area is 134 Å². The molecule has 6 heteroatoms. The Bertz CT molecular complexity index is 580. The minimum Gasteiger partial charge on any atom is -0.379 e. The van der Waals surface area contributed by atoms with Gasteiger partial charge in [0.1, 0.15) is 0 Å². The highest BCUT2D eigenvalue weighted by atomic mass is 35.5. The number of aromatic nitrogens is 2. The van der Waals surface area contributed by atoms with Gasteiger partial charge in [0.2, 0.25) is 5.95 Å². The lowest BCUT2D eigenvalue weighted by Crippen LogP contribution is -2.44. The molecule has 0 radical (unpaired) electrons. The van der Waals surface area contributed by atoms with Gasteiger partial charge in [0, 0.05) is 6.61 Å². The van der Waals surface area contributed by atoms with Crippen molar-refractivity contribution in [2.24, 2.45) is 0 Å². The van der Waals surface area contributed by atoms with E-state index in [4.69, 9.17) is 21.1 Å². The van der Waals surface area contributed by atoms with E-state index in [0.717, 1.165) is 12.0 Å². The van der Waals surface area contributed by atoms with Crippen molar-refractivity contribution in [2.45, 2.75) is 25.2 Å². The predicted octanol–water partition coefficient (Wildman–Crippen LogP) is 2.92. The Balaban J connectivity index is 1.59. The Morgan fingerprint density at radius 3 is 2.77 bits per heavy atom. The molecule has 0 spiro atoms. The van der Waals surface area contributed by atoms with Crippen molar-refractivity contribution in [2.75, 3.05) is 18.5 Å². The summed E-state index contributed by atoms with van der Waals surface area (Å²) in [5, 5.41) is 3.78. The van der Waals surface area contributed by atoms with Crippen molar-refractivity contribution in [3.8, 4) is 0 Å². The SMILES string of the molecule is Clc1cnc(N[C@@H]2COCC[C@@H]2OCc2ccccc2)nc1. The molecule has 2 heterocycles. The molecule has 5 nitrogen and oxygen atoms in total. The molecule has 1 aliphatic heterocycles. The van der Waals surface area contributed by atoms with Gasteiger partial charge in [-0.3, -0.25) is 0 Å². The molecule has 2 aromatic rings. The Hall–Kier alpha value is -1.69. The third kappa shape index (κ3) is 4.16. The van der Waals surface area contributed by atoms with Crippen LogP contribution in [0.15, 0.2) is 42.7 Å². The summed E-state index contributed by atoms with van der Waals surface area (Å²) < 4.78 is 11.6. The van der Waals surface area contributed by atoms with E-state index >= 15 is 0 Å². The van der Waals surface area contributed by atoms with Crippen molar-refractivity contribution in [3.05, 3.63) is 53.3 Å². The van der Waals surface area contributed by atoms with Crippen LogP contribution in [0.3, 0.4) is 0 Å². The summed E-state index contributed by atoms with van der Waals surface area (Å²) in [5.41, 5.74) is 1.16. The number of anilines is 1. The normalized spacial score (nSPS) is 21.5. The Kier molecular flexibility index (Phi) is 5.21. The minimum absolute atomic E-state index is 0.0265. The second kappa shape index (κ2) is 7.54. The molecule has 1 saturated heterocycles. The van der Waals surface area contributed by atoms with Gasteiger partial charge in [-0.25, -0.2) is 9.97 Å². The summed E-state index contributed by atoms with van der Waals surface area (Å²) in [4.78, 5) is 8.32. The van der Waals surface area contributed by atoms with Gasteiger partial charge in [0.25, 0.3) is 0 Å². The first-order chi connectivity index (χ1) is 10.8. The van der Waals surface area contributed by atoms with E-state index in [2.05, 4.69) is 27.4 Å². The topological polar surface area (TPSA) is 56.3 Å². The summed E-state index contributed by atoms with van der Waals surface area (Å²) in [6.07, 6.45) is 4.05. The molecule has 116 valence electrons.